The second kappa shape index (κ2) is 6.94. The van der Waals surface area contributed by atoms with Crippen molar-refractivity contribution in [2.45, 2.75) is 63.8 Å². The molecule has 5 nitrogen and oxygen atoms in total. The van der Waals surface area contributed by atoms with Crippen LogP contribution >= 0.6 is 0 Å². The van der Waals surface area contributed by atoms with Crippen molar-refractivity contribution in [2.75, 3.05) is 6.54 Å². The van der Waals surface area contributed by atoms with Gasteiger partial charge in [-0.15, -0.1) is 0 Å². The van der Waals surface area contributed by atoms with E-state index in [-0.39, 0.29) is 4.59 Å². The summed E-state index contributed by atoms with van der Waals surface area (Å²) in [4.78, 5) is 12.4. The van der Waals surface area contributed by atoms with Crippen molar-refractivity contribution in [3.8, 4) is 11.3 Å². The molecule has 1 saturated carbocycles. The SMILES string of the molecule is N[N@+]12C=CCc3c(C4CCCCC4)ccc(c31)-c1c(C(=O)[O-])c3c(n1CC2)CCC=C3. The van der Waals surface area contributed by atoms with Crippen LogP contribution in [-0.4, -0.2) is 17.1 Å². The zero-order valence-corrected chi connectivity index (χ0v) is 17.9. The van der Waals surface area contributed by atoms with Gasteiger partial charge in [0.2, 0.25) is 0 Å². The largest absolute Gasteiger partial charge is 0.545 e. The van der Waals surface area contributed by atoms with Gasteiger partial charge < -0.3 is 14.5 Å². The first-order valence-corrected chi connectivity index (χ1v) is 11.7. The molecule has 31 heavy (non-hydrogen) atoms. The van der Waals surface area contributed by atoms with Crippen LogP contribution in [0.2, 0.25) is 0 Å². The van der Waals surface area contributed by atoms with E-state index in [4.69, 9.17) is 5.84 Å². The van der Waals surface area contributed by atoms with E-state index in [1.54, 1.807) is 0 Å². The fourth-order valence-electron chi connectivity index (χ4n) is 6.51. The van der Waals surface area contributed by atoms with Gasteiger partial charge in [-0.25, -0.2) is 0 Å². The molecule has 0 saturated heterocycles. The van der Waals surface area contributed by atoms with Crippen molar-refractivity contribution >= 4 is 17.7 Å². The molecule has 3 heterocycles. The Labute approximate surface area is 183 Å². The molecule has 0 radical (unpaired) electrons. The summed E-state index contributed by atoms with van der Waals surface area (Å²) in [6.07, 6.45) is 17.4. The Morgan fingerprint density at radius 3 is 2.81 bits per heavy atom. The Morgan fingerprint density at radius 1 is 1.16 bits per heavy atom. The summed E-state index contributed by atoms with van der Waals surface area (Å²) in [6, 6.07) is 4.42. The van der Waals surface area contributed by atoms with Gasteiger partial charge in [0.05, 0.1) is 23.8 Å². The first kappa shape index (κ1) is 19.1. The molecule has 2 aromatic rings. The Balaban J connectivity index is 1.65. The van der Waals surface area contributed by atoms with Crippen molar-refractivity contribution in [3.63, 3.8) is 0 Å². The number of rotatable bonds is 2. The molecule has 0 bridgehead atoms. The summed E-state index contributed by atoms with van der Waals surface area (Å²) in [6.45, 7) is 1.42. The predicted octanol–water partition coefficient (Wildman–Crippen LogP) is 3.79. The standard InChI is InChI=1S/C26H29N3O2/c27-29-15-6-10-19-18(17-7-2-1-3-8-17)12-13-21(25(19)29)24-23(26(30)31)20-9-4-5-11-22(20)28(24)14-16-29/h4,6,9,12-13,15,17H,1-3,5,7-8,10-11,14,16,27H2/t29-/m0/s1. The van der Waals surface area contributed by atoms with Gasteiger partial charge in [-0.2, -0.15) is 10.4 Å². The number of nitrogens with two attached hydrogens (primary N) is 1. The highest BCUT2D eigenvalue weighted by molar-refractivity contribution is 6.01. The number of carbonyl (C=O) groups excluding carboxylic acids is 1. The summed E-state index contributed by atoms with van der Waals surface area (Å²) >= 11 is 0. The normalized spacial score (nSPS) is 24.3. The van der Waals surface area contributed by atoms with Crippen LogP contribution in [0.1, 0.15) is 77.2 Å². The van der Waals surface area contributed by atoms with Crippen molar-refractivity contribution in [2.24, 2.45) is 5.84 Å². The number of nitrogens with zero attached hydrogens (tertiary/aromatic N) is 2. The van der Waals surface area contributed by atoms with Gasteiger partial charge in [0.1, 0.15) is 12.7 Å². The van der Waals surface area contributed by atoms with E-state index >= 15 is 0 Å². The van der Waals surface area contributed by atoms with Crippen LogP contribution in [0.15, 0.2) is 30.5 Å². The number of carbonyl (C=O) groups is 1. The third-order valence-electron chi connectivity index (χ3n) is 7.87. The van der Waals surface area contributed by atoms with E-state index in [0.29, 0.717) is 18.0 Å². The topological polar surface area (TPSA) is 71.1 Å². The van der Waals surface area contributed by atoms with Crippen LogP contribution in [-0.2, 0) is 19.4 Å². The van der Waals surface area contributed by atoms with Gasteiger partial charge in [-0.3, -0.25) is 0 Å². The van der Waals surface area contributed by atoms with E-state index in [0.717, 1.165) is 54.0 Å². The monoisotopic (exact) mass is 415 g/mol. The number of carboxylic acids is 1. The number of hydrogen-bond acceptors (Lipinski definition) is 3. The van der Waals surface area contributed by atoms with Crippen molar-refractivity contribution in [3.05, 3.63) is 58.4 Å². The highest BCUT2D eigenvalue weighted by Gasteiger charge is 2.41. The van der Waals surface area contributed by atoms with Crippen LogP contribution in [0.25, 0.3) is 17.3 Å². The number of aromatic nitrogens is 1. The van der Waals surface area contributed by atoms with Gasteiger partial charge in [0.25, 0.3) is 0 Å². The predicted molar refractivity (Wildman–Crippen MR) is 121 cm³/mol. The Hall–Kier alpha value is -2.63. The van der Waals surface area contributed by atoms with E-state index in [9.17, 15) is 9.90 Å². The third-order valence-corrected chi connectivity index (χ3v) is 7.87. The number of allylic oxidation sites excluding steroid dienone is 2. The highest BCUT2D eigenvalue weighted by Crippen LogP contribution is 2.49. The van der Waals surface area contributed by atoms with E-state index in [1.807, 2.05) is 6.08 Å². The summed E-state index contributed by atoms with van der Waals surface area (Å²) in [7, 11) is 0. The fraction of sp³-hybridized carbons (Fsp3) is 0.423. The lowest BCUT2D eigenvalue weighted by molar-refractivity contribution is -0.254. The molecule has 2 aliphatic carbocycles. The second-order valence-electron chi connectivity index (χ2n) is 9.57. The van der Waals surface area contributed by atoms with Crippen LogP contribution in [0.4, 0.5) is 5.69 Å². The molecular formula is C26H29N3O2. The van der Waals surface area contributed by atoms with Crippen LogP contribution < -0.4 is 15.5 Å². The molecule has 1 atom stereocenters. The fourth-order valence-corrected chi connectivity index (χ4v) is 6.51. The molecule has 1 aromatic carbocycles. The lowest BCUT2D eigenvalue weighted by Crippen LogP contribution is -2.54. The maximum Gasteiger partial charge on any atom is 0.169 e. The molecule has 4 aliphatic rings. The number of carboxylic acid groups (broad SMARTS) is 1. The van der Waals surface area contributed by atoms with Gasteiger partial charge in [-0.1, -0.05) is 37.5 Å². The molecule has 0 spiro atoms. The maximum atomic E-state index is 12.4. The molecule has 160 valence electrons. The zero-order valence-electron chi connectivity index (χ0n) is 17.9. The Morgan fingerprint density at radius 2 is 2.00 bits per heavy atom. The Bertz CT molecular complexity index is 1150. The molecule has 2 N–H and O–H groups in total. The number of fused-ring (bicyclic) bond motifs is 4. The van der Waals surface area contributed by atoms with E-state index < -0.39 is 5.97 Å². The highest BCUT2D eigenvalue weighted by atomic mass is 16.4. The third kappa shape index (κ3) is 2.73. The van der Waals surface area contributed by atoms with Crippen LogP contribution in [0, 0.1) is 0 Å². The van der Waals surface area contributed by atoms with Gasteiger partial charge in [-0.05, 0) is 49.3 Å². The quantitative estimate of drug-likeness (QED) is 0.599. The summed E-state index contributed by atoms with van der Waals surface area (Å²) in [5.41, 5.74) is 7.89. The minimum atomic E-state index is -1.09. The average molecular weight is 416 g/mol. The molecule has 0 unspecified atom stereocenters. The van der Waals surface area contributed by atoms with Crippen molar-refractivity contribution in [1.82, 2.24) is 9.16 Å². The number of aromatic carboxylic acids is 1. The summed E-state index contributed by atoms with van der Waals surface area (Å²) < 4.78 is 2.48. The molecule has 0 amide bonds. The van der Waals surface area contributed by atoms with Crippen LogP contribution in [0.3, 0.4) is 0 Å². The van der Waals surface area contributed by atoms with Crippen molar-refractivity contribution < 1.29 is 9.90 Å². The molecule has 2 aliphatic heterocycles. The van der Waals surface area contributed by atoms with Gasteiger partial charge in [0.15, 0.2) is 5.69 Å². The molecular weight excluding hydrogens is 386 g/mol. The van der Waals surface area contributed by atoms with Crippen molar-refractivity contribution in [1.29, 1.82) is 0 Å². The van der Waals surface area contributed by atoms with Gasteiger partial charge in [0, 0.05) is 28.8 Å². The lowest BCUT2D eigenvalue weighted by atomic mass is 9.79. The lowest BCUT2D eigenvalue weighted by Gasteiger charge is -2.35. The second-order valence-corrected chi connectivity index (χ2v) is 9.57. The first-order chi connectivity index (χ1) is 15.1. The zero-order chi connectivity index (χ0) is 21.2. The minimum absolute atomic E-state index is 0.254. The Kier molecular flexibility index (Phi) is 4.27. The molecule has 6 rings (SSSR count). The molecule has 1 fully saturated rings. The molecule has 1 aromatic heterocycles. The number of quaternary nitrogens is 1. The van der Waals surface area contributed by atoms with E-state index in [1.165, 1.54) is 43.2 Å². The maximum absolute atomic E-state index is 12.4. The summed E-state index contributed by atoms with van der Waals surface area (Å²) in [5.74, 6) is 6.51. The van der Waals surface area contributed by atoms with Gasteiger partial charge >= 0.3 is 0 Å². The molecule has 5 heteroatoms. The number of benzene rings is 1. The first-order valence-electron chi connectivity index (χ1n) is 11.7. The average Bonchev–Trinajstić information content (AvgIpc) is 3.05. The summed E-state index contributed by atoms with van der Waals surface area (Å²) in [5, 5.41) is 12.4. The minimum Gasteiger partial charge on any atom is -0.545 e. The van der Waals surface area contributed by atoms with E-state index in [2.05, 4.69) is 35.1 Å². The smallest absolute Gasteiger partial charge is 0.169 e. The van der Waals surface area contributed by atoms with Crippen LogP contribution in [0.5, 0.6) is 0 Å². The number of hydrogen-bond donors (Lipinski definition) is 1.